The first-order valence-corrected chi connectivity index (χ1v) is 37.0. The minimum Gasteiger partial charge on any atom is -0.311 e. The highest BCUT2D eigenvalue weighted by molar-refractivity contribution is 7.25. The van der Waals surface area contributed by atoms with Crippen molar-refractivity contribution >= 4 is 115 Å². The highest BCUT2D eigenvalue weighted by atomic mass is 32.1. The molecule has 0 spiro atoms. The first kappa shape index (κ1) is 81.8. The van der Waals surface area contributed by atoms with Gasteiger partial charge in [0.05, 0.1) is 4.88 Å². The predicted octanol–water partition coefficient (Wildman–Crippen LogP) is 25.2. The molecule has 2 aliphatic rings. The molecule has 10 aromatic rings. The Morgan fingerprint density at radius 2 is 0.777 bits per heavy atom. The van der Waals surface area contributed by atoms with Crippen LogP contribution in [0.2, 0.25) is 0 Å². The van der Waals surface area contributed by atoms with Crippen molar-refractivity contribution in [3.8, 4) is 52.5 Å². The molecule has 0 radical (unpaired) electrons. The Balaban J connectivity index is 0.000000264. The molecular weight excluding hydrogens is 1350 g/mol. The summed E-state index contributed by atoms with van der Waals surface area (Å²) < 4.78 is 0. The van der Waals surface area contributed by atoms with Crippen LogP contribution in [0.4, 0.5) is 34.1 Å². The number of para-hydroxylation sites is 4. The van der Waals surface area contributed by atoms with Crippen LogP contribution in [-0.4, -0.2) is 52.8 Å². The zero-order valence-electron chi connectivity index (χ0n) is 56.7. The summed E-state index contributed by atoms with van der Waals surface area (Å²) >= 11 is 6.61. The summed E-state index contributed by atoms with van der Waals surface area (Å²) in [7, 11) is 0. The lowest BCUT2D eigenvalue weighted by molar-refractivity contribution is -0.144. The summed E-state index contributed by atoms with van der Waals surface area (Å²) in [6.45, 7) is 12.6. The molecule has 0 fully saturated rings. The van der Waals surface area contributed by atoms with E-state index in [4.69, 9.17) is 5.26 Å². The van der Waals surface area contributed by atoms with Gasteiger partial charge in [-0.3, -0.25) is 33.8 Å². The number of nitrogens with zero attached hydrogens (tertiary/aromatic N) is 6. The van der Waals surface area contributed by atoms with Crippen molar-refractivity contribution in [3.63, 3.8) is 0 Å². The molecule has 4 amide bonds. The van der Waals surface area contributed by atoms with Gasteiger partial charge in [0.25, 0.3) is 17.7 Å². The molecule has 6 aromatic carbocycles. The van der Waals surface area contributed by atoms with E-state index in [1.54, 1.807) is 47.9 Å². The van der Waals surface area contributed by atoms with Gasteiger partial charge < -0.3 is 9.80 Å². The second kappa shape index (κ2) is 39.9. The third kappa shape index (κ3) is 20.2. The average Bonchev–Trinajstić information content (AvgIpc) is 1.36. The number of carbonyl (C=O) groups is 5. The number of hydrogen-bond acceptors (Lipinski definition) is 13. The van der Waals surface area contributed by atoms with Crippen LogP contribution in [0.25, 0.3) is 46.5 Å². The predicted molar refractivity (Wildman–Crippen MR) is 437 cm³/mol. The molecule has 0 saturated carbocycles. The minimum absolute atomic E-state index is 0. The lowest BCUT2D eigenvalue weighted by Gasteiger charge is -2.30. The molecule has 0 N–H and O–H groups in total. The number of nitriles is 2. The molecule has 6 heterocycles. The second-order valence-electron chi connectivity index (χ2n) is 24.4. The number of hydrogen-bond donors (Lipinski definition) is 0. The molecule has 532 valence electrons. The van der Waals surface area contributed by atoms with Crippen LogP contribution < -0.4 is 9.80 Å². The van der Waals surface area contributed by atoms with E-state index in [1.165, 1.54) is 41.3 Å². The molecule has 0 saturated heterocycles. The number of benzene rings is 6. The topological polar surface area (TPSA) is 146 Å². The standard InChI is InChI=1S/C42H39N3O2S2.C27H19NOS2.C15H22N2O2.4CH4/c1-4-6-13-30(5-2)28-44-41(46)36(29(3)37(27-43)42(44)47)26-35-22-23-39(48-35)40-25-24-38(49-40)31-18-20-34(21-19-31)45(32-14-9-7-10-15-32)33-16-11-8-12-17-33;29-19-24-15-16-26(30-24)27-18-17-25(31-27)20-11-13-23(14-12-20)28(21-7-3-1-4-8-21)22-9-5-2-6-10-22;1-4-6-7-12(5-2)10-17-14(18)8-11(3)13(9-16)15(17)19;;;;/h7-12,14-26,30H,4-6,13,28H2,1-3H3;1-19H;12H,4-8,10H2,1-3H3;4*1H4/b36-26-;;;;;;. The average molecular weight is 1450 g/mol. The van der Waals surface area contributed by atoms with Crippen LogP contribution >= 0.6 is 45.3 Å². The SMILES string of the molecule is C.C.C.C.CCCCC(CC)CN1C(=O)C(C#N)=C(C)/C(=C/c2ccc(-c3ccc(-c4ccc(N(c5ccccc5)c5ccccc5)cc4)s3)s2)C1=O.CCCCC(CC)CN1C(=O)CC(C)=C(C#N)C1=O.O=Cc1ccc(-c2ccc(-c3ccc(N(c4ccccc4)c4ccccc4)cc3)s2)s1. The third-order valence-corrected chi connectivity index (χ3v) is 22.4. The maximum atomic E-state index is 13.7. The third-order valence-electron chi connectivity index (χ3n) is 17.7. The van der Waals surface area contributed by atoms with E-state index in [0.717, 1.165) is 122 Å². The van der Waals surface area contributed by atoms with Gasteiger partial charge in [-0.25, -0.2) is 0 Å². The van der Waals surface area contributed by atoms with Crippen LogP contribution in [0.5, 0.6) is 0 Å². The van der Waals surface area contributed by atoms with Gasteiger partial charge in [0, 0.05) is 93.3 Å². The zero-order valence-corrected chi connectivity index (χ0v) is 60.0. The maximum Gasteiger partial charge on any atom is 0.271 e. The number of anilines is 6. The molecule has 2 atom stereocenters. The van der Waals surface area contributed by atoms with Crippen LogP contribution in [0.1, 0.15) is 144 Å². The number of aldehydes is 1. The zero-order chi connectivity index (χ0) is 69.8. The maximum absolute atomic E-state index is 13.7. The van der Waals surface area contributed by atoms with E-state index < -0.39 is 11.8 Å². The van der Waals surface area contributed by atoms with E-state index >= 15 is 0 Å². The highest BCUT2D eigenvalue weighted by Gasteiger charge is 2.37. The van der Waals surface area contributed by atoms with Crippen LogP contribution in [0, 0.1) is 34.5 Å². The number of carbonyl (C=O) groups excluding carboxylic acids is 5. The van der Waals surface area contributed by atoms with E-state index in [1.807, 2.05) is 54.6 Å². The van der Waals surface area contributed by atoms with Crippen LogP contribution in [0.3, 0.4) is 0 Å². The number of amides is 4. The lowest BCUT2D eigenvalue weighted by atomic mass is 9.92. The summed E-state index contributed by atoms with van der Waals surface area (Å²) in [5.41, 5.74) is 10.7. The summed E-state index contributed by atoms with van der Waals surface area (Å²) in [5.74, 6) is -0.812. The monoisotopic (exact) mass is 1440 g/mol. The van der Waals surface area contributed by atoms with Gasteiger partial charge in [0.15, 0.2) is 6.29 Å². The Morgan fingerprint density at radius 3 is 1.16 bits per heavy atom. The van der Waals surface area contributed by atoms with E-state index in [0.29, 0.717) is 35.7 Å². The lowest BCUT2D eigenvalue weighted by Crippen LogP contribution is -2.45. The Kier molecular flexibility index (Phi) is 31.7. The van der Waals surface area contributed by atoms with Crippen LogP contribution in [0.15, 0.2) is 246 Å². The molecule has 4 aromatic heterocycles. The Bertz CT molecular complexity index is 4510. The molecule has 103 heavy (non-hydrogen) atoms. The summed E-state index contributed by atoms with van der Waals surface area (Å²) in [4.78, 5) is 77.7. The van der Waals surface area contributed by atoms with E-state index in [-0.39, 0.29) is 65.0 Å². The van der Waals surface area contributed by atoms with E-state index in [9.17, 15) is 29.2 Å². The van der Waals surface area contributed by atoms with Gasteiger partial charge in [-0.05, 0) is 188 Å². The Morgan fingerprint density at radius 1 is 0.427 bits per heavy atom. The van der Waals surface area contributed by atoms with Crippen molar-refractivity contribution in [1.82, 2.24) is 9.80 Å². The highest BCUT2D eigenvalue weighted by Crippen LogP contribution is 2.43. The van der Waals surface area contributed by atoms with Crippen molar-refractivity contribution in [1.29, 1.82) is 10.5 Å². The van der Waals surface area contributed by atoms with Gasteiger partial charge in [0.2, 0.25) is 5.91 Å². The summed E-state index contributed by atoms with van der Waals surface area (Å²) in [6, 6.07) is 79.5. The number of thiophene rings is 4. The minimum atomic E-state index is -0.476. The van der Waals surface area contributed by atoms with Gasteiger partial charge in [-0.1, -0.05) is 193 Å². The molecular formula is C88H96N6O5S4. The largest absolute Gasteiger partial charge is 0.311 e. The van der Waals surface area contributed by atoms with E-state index in [2.05, 4.69) is 219 Å². The molecule has 2 aliphatic heterocycles. The van der Waals surface area contributed by atoms with Crippen molar-refractivity contribution in [3.05, 3.63) is 256 Å². The fraction of sp³-hybridized carbons (Fsp3) is 0.261. The summed E-state index contributed by atoms with van der Waals surface area (Å²) in [5, 5.41) is 18.9. The molecule has 2 unspecified atom stereocenters. The van der Waals surface area contributed by atoms with Gasteiger partial charge >= 0.3 is 0 Å². The normalized spacial score (nSPS) is 13.5. The molecule has 0 aliphatic carbocycles. The Hall–Kier alpha value is -10.1. The van der Waals surface area contributed by atoms with Crippen molar-refractivity contribution in [2.45, 2.75) is 129 Å². The van der Waals surface area contributed by atoms with Crippen LogP contribution in [-0.2, 0) is 19.2 Å². The second-order valence-corrected chi connectivity index (χ2v) is 28.8. The fourth-order valence-electron chi connectivity index (χ4n) is 12.1. The van der Waals surface area contributed by atoms with Crippen molar-refractivity contribution in [2.24, 2.45) is 11.8 Å². The first-order valence-electron chi connectivity index (χ1n) is 33.8. The molecule has 15 heteroatoms. The summed E-state index contributed by atoms with van der Waals surface area (Å²) in [6.07, 6.45) is 11.1. The molecule has 0 bridgehead atoms. The van der Waals surface area contributed by atoms with Gasteiger partial charge in [-0.2, -0.15) is 10.5 Å². The first-order chi connectivity index (χ1) is 48.3. The Labute approximate surface area is 627 Å². The molecule has 11 nitrogen and oxygen atoms in total. The quantitative estimate of drug-likeness (QED) is 0.0328. The fourth-order valence-corrected chi connectivity index (χ4v) is 16.1. The smallest absolute Gasteiger partial charge is 0.271 e. The van der Waals surface area contributed by atoms with Gasteiger partial charge in [-0.15, -0.1) is 45.3 Å². The van der Waals surface area contributed by atoms with Crippen molar-refractivity contribution < 1.29 is 24.0 Å². The van der Waals surface area contributed by atoms with Crippen molar-refractivity contribution in [2.75, 3.05) is 22.9 Å². The number of rotatable bonds is 24. The number of imide groups is 2. The van der Waals surface area contributed by atoms with Gasteiger partial charge in [0.1, 0.15) is 23.3 Å². The molecule has 12 rings (SSSR count). The number of unbranched alkanes of at least 4 members (excludes halogenated alkanes) is 2.